The molecule has 1 unspecified atom stereocenters. The Balaban J connectivity index is 2.93. The van der Waals surface area contributed by atoms with Crippen molar-refractivity contribution in [3.05, 3.63) is 0 Å². The second kappa shape index (κ2) is 2.94. The van der Waals surface area contributed by atoms with Gasteiger partial charge < -0.3 is 10.5 Å². The summed E-state index contributed by atoms with van der Waals surface area (Å²) in [6.07, 6.45) is 1.61. The van der Waals surface area contributed by atoms with Crippen LogP contribution in [0.1, 0.15) is 26.7 Å². The fraction of sp³-hybridized carbons (Fsp3) is 0.889. The van der Waals surface area contributed by atoms with Gasteiger partial charge in [-0.15, -0.1) is 0 Å². The molecule has 1 atom stereocenters. The molecule has 0 amide bonds. The van der Waals surface area contributed by atoms with Crippen molar-refractivity contribution in [2.45, 2.75) is 37.9 Å². The van der Waals surface area contributed by atoms with Crippen LogP contribution in [-0.2, 0) is 9.53 Å². The van der Waals surface area contributed by atoms with Crippen molar-refractivity contribution < 1.29 is 13.9 Å². The highest BCUT2D eigenvalue weighted by molar-refractivity contribution is 5.83. The lowest BCUT2D eigenvalue weighted by molar-refractivity contribution is -0.154. The zero-order chi connectivity index (χ0) is 10.3. The van der Waals surface area contributed by atoms with Gasteiger partial charge in [-0.05, 0) is 32.6 Å². The summed E-state index contributed by atoms with van der Waals surface area (Å²) in [6, 6.07) is 0. The first-order valence-electron chi connectivity index (χ1n) is 4.40. The first kappa shape index (κ1) is 10.4. The number of ether oxygens (including phenoxy) is 1. The highest BCUT2D eigenvalue weighted by atomic mass is 19.1. The van der Waals surface area contributed by atoms with Gasteiger partial charge in [0.1, 0.15) is 5.67 Å². The Hall–Kier alpha value is -0.640. The van der Waals surface area contributed by atoms with Gasteiger partial charge in [0.25, 0.3) is 0 Å². The summed E-state index contributed by atoms with van der Waals surface area (Å²) in [7, 11) is 1.23. The quantitative estimate of drug-likeness (QED) is 0.674. The van der Waals surface area contributed by atoms with E-state index in [1.807, 2.05) is 0 Å². The Morgan fingerprint density at radius 2 is 2.00 bits per heavy atom. The van der Waals surface area contributed by atoms with Crippen LogP contribution >= 0.6 is 0 Å². The molecule has 2 N–H and O–H groups in total. The minimum absolute atomic E-state index is 0.0695. The number of carbonyl (C=O) groups excluding carboxylic acids is 1. The van der Waals surface area contributed by atoms with Crippen LogP contribution in [0.25, 0.3) is 0 Å². The van der Waals surface area contributed by atoms with Gasteiger partial charge in [0.2, 0.25) is 0 Å². The fourth-order valence-corrected chi connectivity index (χ4v) is 1.60. The van der Waals surface area contributed by atoms with Gasteiger partial charge in [0, 0.05) is 0 Å². The predicted octanol–water partition coefficient (Wildman–Crippen LogP) is 1.01. The van der Waals surface area contributed by atoms with Crippen molar-refractivity contribution in [1.82, 2.24) is 0 Å². The van der Waals surface area contributed by atoms with E-state index in [-0.39, 0.29) is 5.92 Å². The van der Waals surface area contributed by atoms with E-state index in [1.165, 1.54) is 21.0 Å². The third kappa shape index (κ3) is 1.55. The Morgan fingerprint density at radius 3 is 2.23 bits per heavy atom. The Labute approximate surface area is 77.4 Å². The van der Waals surface area contributed by atoms with E-state index in [0.29, 0.717) is 0 Å². The molecule has 3 nitrogen and oxygen atoms in total. The number of esters is 1. The number of nitrogens with two attached hydrogens (primary N) is 1. The second-order valence-corrected chi connectivity index (χ2v) is 4.11. The SMILES string of the molecule is COC(=O)C(N)(C1CC1)C(C)(C)F. The highest BCUT2D eigenvalue weighted by Gasteiger charge is 2.58. The number of hydrogen-bond acceptors (Lipinski definition) is 3. The highest BCUT2D eigenvalue weighted by Crippen LogP contribution is 2.45. The summed E-state index contributed by atoms with van der Waals surface area (Å²) in [6.45, 7) is 2.64. The lowest BCUT2D eigenvalue weighted by atomic mass is 9.80. The maximum Gasteiger partial charge on any atom is 0.329 e. The Kier molecular flexibility index (Phi) is 2.36. The van der Waals surface area contributed by atoms with E-state index in [4.69, 9.17) is 5.73 Å². The molecule has 76 valence electrons. The van der Waals surface area contributed by atoms with E-state index < -0.39 is 17.2 Å². The molecule has 0 heterocycles. The summed E-state index contributed by atoms with van der Waals surface area (Å²) < 4.78 is 18.3. The van der Waals surface area contributed by atoms with Gasteiger partial charge in [-0.1, -0.05) is 0 Å². The summed E-state index contributed by atoms with van der Waals surface area (Å²) >= 11 is 0. The molecule has 1 fully saturated rings. The smallest absolute Gasteiger partial charge is 0.329 e. The van der Waals surface area contributed by atoms with Gasteiger partial charge in [-0.2, -0.15) is 0 Å². The molecule has 1 rings (SSSR count). The topological polar surface area (TPSA) is 52.3 Å². The van der Waals surface area contributed by atoms with E-state index in [1.54, 1.807) is 0 Å². The van der Waals surface area contributed by atoms with Gasteiger partial charge in [-0.3, -0.25) is 0 Å². The number of methoxy groups -OCH3 is 1. The molecule has 0 aromatic carbocycles. The number of rotatable bonds is 3. The van der Waals surface area contributed by atoms with Crippen molar-refractivity contribution >= 4 is 5.97 Å². The monoisotopic (exact) mass is 189 g/mol. The molecule has 0 bridgehead atoms. The van der Waals surface area contributed by atoms with Crippen molar-refractivity contribution in [1.29, 1.82) is 0 Å². The molecule has 0 saturated heterocycles. The van der Waals surface area contributed by atoms with Crippen LogP contribution in [0.5, 0.6) is 0 Å². The van der Waals surface area contributed by atoms with Crippen LogP contribution in [0.15, 0.2) is 0 Å². The molecule has 1 aliphatic rings. The van der Waals surface area contributed by atoms with Crippen molar-refractivity contribution in [3.8, 4) is 0 Å². The summed E-state index contributed by atoms with van der Waals surface area (Å²) in [5, 5.41) is 0. The van der Waals surface area contributed by atoms with Gasteiger partial charge in [0.15, 0.2) is 5.54 Å². The largest absolute Gasteiger partial charge is 0.468 e. The summed E-state index contributed by atoms with van der Waals surface area (Å²) in [5.41, 5.74) is 2.58. The zero-order valence-electron chi connectivity index (χ0n) is 8.26. The molecular formula is C9H16FNO2. The van der Waals surface area contributed by atoms with E-state index >= 15 is 0 Å². The molecular weight excluding hydrogens is 173 g/mol. The maximum atomic E-state index is 13.7. The molecule has 0 spiro atoms. The first-order chi connectivity index (χ1) is 5.84. The van der Waals surface area contributed by atoms with E-state index in [2.05, 4.69) is 4.74 Å². The van der Waals surface area contributed by atoms with Gasteiger partial charge in [-0.25, -0.2) is 9.18 Å². The number of alkyl halides is 1. The first-order valence-corrected chi connectivity index (χ1v) is 4.40. The molecule has 1 saturated carbocycles. The lowest BCUT2D eigenvalue weighted by Crippen LogP contribution is -2.63. The number of hydrogen-bond donors (Lipinski definition) is 1. The Bertz CT molecular complexity index is 220. The average molecular weight is 189 g/mol. The lowest BCUT2D eigenvalue weighted by Gasteiger charge is -2.35. The number of carbonyl (C=O) groups is 1. The molecule has 13 heavy (non-hydrogen) atoms. The van der Waals surface area contributed by atoms with E-state index in [9.17, 15) is 9.18 Å². The third-order valence-corrected chi connectivity index (χ3v) is 2.73. The minimum Gasteiger partial charge on any atom is -0.468 e. The average Bonchev–Trinajstić information content (AvgIpc) is 2.81. The summed E-state index contributed by atoms with van der Waals surface area (Å²) in [5.74, 6) is -0.720. The normalized spacial score (nSPS) is 22.2. The molecule has 4 heteroatoms. The molecule has 0 radical (unpaired) electrons. The van der Waals surface area contributed by atoms with Gasteiger partial charge >= 0.3 is 5.97 Å². The fourth-order valence-electron chi connectivity index (χ4n) is 1.60. The van der Waals surface area contributed by atoms with Crippen molar-refractivity contribution in [3.63, 3.8) is 0 Å². The van der Waals surface area contributed by atoms with E-state index in [0.717, 1.165) is 12.8 Å². The Morgan fingerprint density at radius 1 is 1.54 bits per heavy atom. The van der Waals surface area contributed by atoms with Crippen LogP contribution in [0.2, 0.25) is 0 Å². The second-order valence-electron chi connectivity index (χ2n) is 4.11. The molecule has 0 aromatic rings. The molecule has 0 aliphatic heterocycles. The van der Waals surface area contributed by atoms with Crippen LogP contribution in [0.3, 0.4) is 0 Å². The molecule has 1 aliphatic carbocycles. The third-order valence-electron chi connectivity index (χ3n) is 2.73. The summed E-state index contributed by atoms with van der Waals surface area (Å²) in [4.78, 5) is 11.4. The van der Waals surface area contributed by atoms with Crippen molar-refractivity contribution in [2.75, 3.05) is 7.11 Å². The van der Waals surface area contributed by atoms with Crippen LogP contribution < -0.4 is 5.73 Å². The minimum atomic E-state index is -1.73. The maximum absolute atomic E-state index is 13.7. The predicted molar refractivity (Wildman–Crippen MR) is 46.8 cm³/mol. The van der Waals surface area contributed by atoms with Crippen LogP contribution in [-0.4, -0.2) is 24.3 Å². The van der Waals surface area contributed by atoms with Crippen LogP contribution in [0.4, 0.5) is 4.39 Å². The number of halogens is 1. The van der Waals surface area contributed by atoms with Gasteiger partial charge in [0.05, 0.1) is 7.11 Å². The zero-order valence-corrected chi connectivity index (χ0v) is 8.26. The standard InChI is InChI=1S/C9H16FNO2/c1-8(2,10)9(11,6-4-5-6)7(12)13-3/h6H,4-5,11H2,1-3H3. The van der Waals surface area contributed by atoms with Crippen molar-refractivity contribution in [2.24, 2.45) is 11.7 Å². The molecule has 0 aromatic heterocycles. The van der Waals surface area contributed by atoms with Crippen LogP contribution in [0, 0.1) is 5.92 Å².